The molecule has 0 radical (unpaired) electrons. The van der Waals surface area contributed by atoms with E-state index in [1.807, 2.05) is 56.3 Å². The van der Waals surface area contributed by atoms with Crippen molar-refractivity contribution < 1.29 is 17.9 Å². The molecule has 0 spiro atoms. The van der Waals surface area contributed by atoms with Gasteiger partial charge in [-0.15, -0.1) is 0 Å². The van der Waals surface area contributed by atoms with Gasteiger partial charge in [-0.25, -0.2) is 8.42 Å². The second-order valence-corrected chi connectivity index (χ2v) is 10.8. The van der Waals surface area contributed by atoms with E-state index in [0.717, 1.165) is 21.9 Å². The second kappa shape index (κ2) is 11.9. The lowest BCUT2D eigenvalue weighted by Gasteiger charge is -2.26. The quantitative estimate of drug-likeness (QED) is 0.382. The van der Waals surface area contributed by atoms with Crippen LogP contribution in [0.5, 0.6) is 5.75 Å². The van der Waals surface area contributed by atoms with Crippen LogP contribution in [0.3, 0.4) is 0 Å². The Balaban J connectivity index is 1.90. The maximum atomic E-state index is 13.7. The van der Waals surface area contributed by atoms with Crippen LogP contribution >= 0.6 is 0 Å². The third-order valence-electron chi connectivity index (χ3n) is 5.58. The van der Waals surface area contributed by atoms with Crippen molar-refractivity contribution in [2.24, 2.45) is 5.92 Å². The predicted octanol–water partition coefficient (Wildman–Crippen LogP) is 5.49. The molecule has 0 aliphatic rings. The molecule has 0 saturated carbocycles. The number of amides is 1. The number of rotatable bonds is 11. The molecule has 6 nitrogen and oxygen atoms in total. The number of benzene rings is 3. The van der Waals surface area contributed by atoms with Gasteiger partial charge in [0.25, 0.3) is 10.0 Å². The fourth-order valence-corrected chi connectivity index (χ4v) is 5.25. The van der Waals surface area contributed by atoms with Crippen LogP contribution in [-0.2, 0) is 14.8 Å². The second-order valence-electron chi connectivity index (χ2n) is 8.91. The van der Waals surface area contributed by atoms with Crippen molar-refractivity contribution in [2.45, 2.75) is 45.1 Å². The highest BCUT2D eigenvalue weighted by atomic mass is 32.2. The van der Waals surface area contributed by atoms with Crippen LogP contribution in [0.2, 0.25) is 0 Å². The fourth-order valence-electron chi connectivity index (χ4n) is 3.83. The molecule has 0 unspecified atom stereocenters. The topological polar surface area (TPSA) is 75.7 Å². The first kappa shape index (κ1) is 26.3. The van der Waals surface area contributed by atoms with Gasteiger partial charge >= 0.3 is 0 Å². The molecule has 0 aromatic heterocycles. The van der Waals surface area contributed by atoms with E-state index in [1.54, 1.807) is 24.3 Å². The summed E-state index contributed by atoms with van der Waals surface area (Å²) < 4.78 is 33.9. The molecule has 3 aromatic rings. The lowest BCUT2D eigenvalue weighted by molar-refractivity contribution is -0.120. The zero-order chi connectivity index (χ0) is 25.4. The zero-order valence-corrected chi connectivity index (χ0v) is 21.6. The van der Waals surface area contributed by atoms with Gasteiger partial charge in [-0.1, -0.05) is 61.9 Å². The average molecular weight is 495 g/mol. The number of nitrogens with one attached hydrogen (secondary N) is 1. The number of aryl methyl sites for hydroxylation is 1. The number of sulfonamides is 1. The molecule has 1 atom stereocenters. The molecular formula is C28H34N2O4S. The molecule has 0 fully saturated rings. The van der Waals surface area contributed by atoms with E-state index >= 15 is 0 Å². The number of carbonyl (C=O) groups is 1. The predicted molar refractivity (Wildman–Crippen MR) is 140 cm³/mol. The Kier molecular flexibility index (Phi) is 8.93. The maximum Gasteiger partial charge on any atom is 0.264 e. The smallest absolute Gasteiger partial charge is 0.264 e. The molecule has 0 saturated heterocycles. The van der Waals surface area contributed by atoms with Crippen molar-refractivity contribution in [1.29, 1.82) is 0 Å². The van der Waals surface area contributed by atoms with Gasteiger partial charge in [-0.2, -0.15) is 0 Å². The highest BCUT2D eigenvalue weighted by Gasteiger charge is 2.28. The molecule has 1 amide bonds. The Morgan fingerprint density at radius 2 is 1.57 bits per heavy atom. The van der Waals surface area contributed by atoms with E-state index in [0.29, 0.717) is 24.0 Å². The summed E-state index contributed by atoms with van der Waals surface area (Å²) in [6, 6.07) is 22.9. The summed E-state index contributed by atoms with van der Waals surface area (Å²) in [5, 5.41) is 3.06. The summed E-state index contributed by atoms with van der Waals surface area (Å²) in [6.45, 7) is 8.14. The number of hydrogen-bond acceptors (Lipinski definition) is 4. The lowest BCUT2D eigenvalue weighted by Crippen LogP contribution is -2.42. The maximum absolute atomic E-state index is 13.7. The first-order valence-electron chi connectivity index (χ1n) is 11.9. The Labute approximate surface area is 209 Å². The van der Waals surface area contributed by atoms with Crippen LogP contribution in [0.4, 0.5) is 5.69 Å². The minimum Gasteiger partial charge on any atom is -0.494 e. The van der Waals surface area contributed by atoms with Gasteiger partial charge in [-0.05, 0) is 68.1 Å². The molecule has 1 N–H and O–H groups in total. The minimum atomic E-state index is -4.00. The zero-order valence-electron chi connectivity index (χ0n) is 20.8. The van der Waals surface area contributed by atoms with E-state index in [4.69, 9.17) is 4.74 Å². The van der Waals surface area contributed by atoms with Crippen molar-refractivity contribution in [1.82, 2.24) is 5.32 Å². The highest BCUT2D eigenvalue weighted by molar-refractivity contribution is 7.92. The number of ether oxygens (including phenoxy) is 1. The van der Waals surface area contributed by atoms with E-state index in [-0.39, 0.29) is 23.4 Å². The van der Waals surface area contributed by atoms with Gasteiger partial charge in [0.1, 0.15) is 12.3 Å². The molecule has 0 bridgehead atoms. The molecule has 3 rings (SSSR count). The van der Waals surface area contributed by atoms with Gasteiger partial charge in [-0.3, -0.25) is 9.10 Å². The SMILES string of the molecule is CCOc1ccc(S(=O)(=O)N(CC(=O)N[C@@H](CC(C)C)c2ccccc2)c2ccc(C)cc2)cc1. The molecule has 0 aliphatic heterocycles. The Morgan fingerprint density at radius 3 is 2.14 bits per heavy atom. The molecule has 35 heavy (non-hydrogen) atoms. The lowest BCUT2D eigenvalue weighted by atomic mass is 9.97. The van der Waals surface area contributed by atoms with Crippen LogP contribution < -0.4 is 14.4 Å². The molecule has 186 valence electrons. The third-order valence-corrected chi connectivity index (χ3v) is 7.36. The van der Waals surface area contributed by atoms with Gasteiger partial charge in [0.15, 0.2) is 0 Å². The summed E-state index contributed by atoms with van der Waals surface area (Å²) in [5.74, 6) is 0.571. The Morgan fingerprint density at radius 1 is 0.943 bits per heavy atom. The van der Waals surface area contributed by atoms with Gasteiger partial charge in [0.2, 0.25) is 5.91 Å². The van der Waals surface area contributed by atoms with E-state index in [2.05, 4.69) is 19.2 Å². The normalized spacial score (nSPS) is 12.3. The van der Waals surface area contributed by atoms with Crippen molar-refractivity contribution in [3.63, 3.8) is 0 Å². The van der Waals surface area contributed by atoms with Crippen molar-refractivity contribution in [3.05, 3.63) is 90.0 Å². The van der Waals surface area contributed by atoms with E-state index in [1.165, 1.54) is 12.1 Å². The number of hydrogen-bond donors (Lipinski definition) is 1. The average Bonchev–Trinajstić information content (AvgIpc) is 2.83. The number of carbonyl (C=O) groups excluding carboxylic acids is 1. The Hall–Kier alpha value is -3.32. The summed E-state index contributed by atoms with van der Waals surface area (Å²) in [6.07, 6.45) is 0.742. The number of anilines is 1. The van der Waals surface area contributed by atoms with Crippen LogP contribution in [0, 0.1) is 12.8 Å². The van der Waals surface area contributed by atoms with Crippen molar-refractivity contribution in [3.8, 4) is 5.75 Å². The monoisotopic (exact) mass is 494 g/mol. The standard InChI is InChI=1S/C28H34N2O4S/c1-5-34-25-15-17-26(18-16-25)35(32,33)30(24-13-11-22(4)12-14-24)20-28(31)29-27(19-21(2)3)23-9-7-6-8-10-23/h6-18,21,27H,5,19-20H2,1-4H3,(H,29,31)/t27-/m0/s1. The fraction of sp³-hybridized carbons (Fsp3) is 0.321. The number of nitrogens with zero attached hydrogens (tertiary/aromatic N) is 1. The van der Waals surface area contributed by atoms with E-state index < -0.39 is 10.0 Å². The van der Waals surface area contributed by atoms with Crippen LogP contribution in [0.25, 0.3) is 0 Å². The third kappa shape index (κ3) is 7.09. The summed E-state index contributed by atoms with van der Waals surface area (Å²) in [7, 11) is -4.00. The van der Waals surface area contributed by atoms with Gasteiger partial charge < -0.3 is 10.1 Å². The Bertz CT molecular complexity index is 1190. The summed E-state index contributed by atoms with van der Waals surface area (Å²) >= 11 is 0. The van der Waals surface area contributed by atoms with Crippen molar-refractivity contribution >= 4 is 21.6 Å². The van der Waals surface area contributed by atoms with Gasteiger partial charge in [0, 0.05) is 0 Å². The summed E-state index contributed by atoms with van der Waals surface area (Å²) in [4.78, 5) is 13.3. The van der Waals surface area contributed by atoms with Gasteiger partial charge in [0.05, 0.1) is 23.2 Å². The minimum absolute atomic E-state index is 0.0936. The first-order chi connectivity index (χ1) is 16.7. The van der Waals surface area contributed by atoms with Crippen LogP contribution in [0.15, 0.2) is 83.8 Å². The first-order valence-corrected chi connectivity index (χ1v) is 13.3. The molecule has 0 aliphatic carbocycles. The molecule has 3 aromatic carbocycles. The molecule has 7 heteroatoms. The van der Waals surface area contributed by atoms with Crippen molar-refractivity contribution in [2.75, 3.05) is 17.5 Å². The van der Waals surface area contributed by atoms with Crippen LogP contribution in [-0.4, -0.2) is 27.5 Å². The van der Waals surface area contributed by atoms with Crippen LogP contribution in [0.1, 0.15) is 44.4 Å². The van der Waals surface area contributed by atoms with E-state index in [9.17, 15) is 13.2 Å². The molecular weight excluding hydrogens is 460 g/mol. The largest absolute Gasteiger partial charge is 0.494 e. The summed E-state index contributed by atoms with van der Waals surface area (Å²) in [5.41, 5.74) is 2.42. The highest BCUT2D eigenvalue weighted by Crippen LogP contribution is 2.26. The molecule has 0 heterocycles.